The molecule has 0 bridgehead atoms. The number of rotatable bonds is 6. The van der Waals surface area contributed by atoms with E-state index in [0.29, 0.717) is 28.0 Å². The summed E-state index contributed by atoms with van der Waals surface area (Å²) in [6.45, 7) is 6.49. The van der Waals surface area contributed by atoms with Gasteiger partial charge >= 0.3 is 6.03 Å². The van der Waals surface area contributed by atoms with Gasteiger partial charge in [-0.1, -0.05) is 41.9 Å². The Morgan fingerprint density at radius 2 is 2.00 bits per heavy atom. The normalized spacial score (nSPS) is 23.1. The van der Waals surface area contributed by atoms with Crippen LogP contribution in [0.15, 0.2) is 46.9 Å². The minimum Gasteiger partial charge on any atom is -0.359 e. The smallest absolute Gasteiger partial charge is 0.329 e. The summed E-state index contributed by atoms with van der Waals surface area (Å²) in [4.78, 5) is 30.2. The van der Waals surface area contributed by atoms with Gasteiger partial charge in [0, 0.05) is 28.3 Å². The summed E-state index contributed by atoms with van der Waals surface area (Å²) in [6.07, 6.45) is 2.94. The predicted octanol–water partition coefficient (Wildman–Crippen LogP) is 3.81. The number of anilines is 2. The lowest BCUT2D eigenvalue weighted by atomic mass is 9.94. The fourth-order valence-corrected chi connectivity index (χ4v) is 5.00. The van der Waals surface area contributed by atoms with Gasteiger partial charge in [-0.3, -0.25) is 14.6 Å². The lowest BCUT2D eigenvalue weighted by Gasteiger charge is -2.43. The van der Waals surface area contributed by atoms with Gasteiger partial charge in [-0.25, -0.2) is 4.79 Å². The number of fused-ring (bicyclic) bond motifs is 1. The number of nitrogens with one attached hydrogen (secondary N) is 2. The molecular formula is C24H29BrN4O3. The van der Waals surface area contributed by atoms with Crippen molar-refractivity contribution < 1.29 is 14.7 Å². The molecule has 2 aliphatic heterocycles. The van der Waals surface area contributed by atoms with Crippen molar-refractivity contribution in [3.63, 3.8) is 0 Å². The Kier molecular flexibility index (Phi) is 6.55. The Labute approximate surface area is 196 Å². The molecule has 0 aliphatic carbocycles. The second kappa shape index (κ2) is 9.21. The molecule has 0 radical (unpaired) electrons. The summed E-state index contributed by atoms with van der Waals surface area (Å²) < 4.78 is 0.702. The molecule has 4 rings (SSSR count). The molecule has 1 fully saturated rings. The number of benzene rings is 2. The van der Waals surface area contributed by atoms with Crippen molar-refractivity contribution in [1.29, 1.82) is 0 Å². The van der Waals surface area contributed by atoms with E-state index in [9.17, 15) is 14.7 Å². The minimum absolute atomic E-state index is 0.226. The van der Waals surface area contributed by atoms with E-state index >= 15 is 0 Å². The molecule has 170 valence electrons. The summed E-state index contributed by atoms with van der Waals surface area (Å²) in [7, 11) is 0. The second-order valence-electron chi connectivity index (χ2n) is 8.28. The van der Waals surface area contributed by atoms with E-state index in [-0.39, 0.29) is 6.04 Å². The Morgan fingerprint density at radius 3 is 2.69 bits per heavy atom. The number of nitrogens with zero attached hydrogens (tertiary/aromatic N) is 2. The first kappa shape index (κ1) is 22.8. The minimum atomic E-state index is -2.19. The second-order valence-corrected chi connectivity index (χ2v) is 9.20. The maximum atomic E-state index is 13.6. The van der Waals surface area contributed by atoms with E-state index in [4.69, 9.17) is 0 Å². The molecule has 1 saturated heterocycles. The van der Waals surface area contributed by atoms with Crippen LogP contribution < -0.4 is 15.5 Å². The Balaban J connectivity index is 1.72. The number of likely N-dealkylation sites (N-methyl/N-ethyl adjacent to an activating group) is 1. The fraction of sp³-hybridized carbons (Fsp3) is 0.417. The van der Waals surface area contributed by atoms with Gasteiger partial charge in [0.1, 0.15) is 0 Å². The summed E-state index contributed by atoms with van der Waals surface area (Å²) >= 11 is 3.43. The Morgan fingerprint density at radius 1 is 1.25 bits per heavy atom. The van der Waals surface area contributed by atoms with Crippen molar-refractivity contribution in [3.8, 4) is 0 Å². The van der Waals surface area contributed by atoms with Gasteiger partial charge < -0.3 is 15.7 Å². The van der Waals surface area contributed by atoms with E-state index in [1.165, 1.54) is 0 Å². The average Bonchev–Trinajstić information content (AvgIpc) is 3.26. The monoisotopic (exact) mass is 500 g/mol. The van der Waals surface area contributed by atoms with Crippen LogP contribution in [0.4, 0.5) is 16.2 Å². The van der Waals surface area contributed by atoms with Gasteiger partial charge in [0.2, 0.25) is 0 Å². The molecule has 2 aliphatic rings. The highest BCUT2D eigenvalue weighted by Gasteiger charge is 2.52. The summed E-state index contributed by atoms with van der Waals surface area (Å²) in [5, 5.41) is 17.7. The SMILES string of the molecule is CCc1ccc(N2C(=O)Nc3ccc(Br)cc3[C@@]2(O)C(=O)NC[C@H]2CCCN2CC)cc1. The quantitative estimate of drug-likeness (QED) is 0.562. The Bertz CT molecular complexity index is 1010. The van der Waals surface area contributed by atoms with Gasteiger partial charge in [0.05, 0.1) is 5.69 Å². The largest absolute Gasteiger partial charge is 0.359 e. The number of hydrogen-bond donors (Lipinski definition) is 3. The van der Waals surface area contributed by atoms with Crippen molar-refractivity contribution in [3.05, 3.63) is 58.1 Å². The van der Waals surface area contributed by atoms with Crippen LogP contribution in [0.3, 0.4) is 0 Å². The molecule has 3 amide bonds. The van der Waals surface area contributed by atoms with E-state index in [1.54, 1.807) is 30.3 Å². The summed E-state index contributed by atoms with van der Waals surface area (Å²) in [5.74, 6) is -0.616. The third-order valence-electron chi connectivity index (χ3n) is 6.45. The molecule has 3 N–H and O–H groups in total. The molecule has 2 heterocycles. The molecule has 7 nitrogen and oxygen atoms in total. The molecule has 32 heavy (non-hydrogen) atoms. The summed E-state index contributed by atoms with van der Waals surface area (Å²) in [5.41, 5.74) is 0.0861. The van der Waals surface area contributed by atoms with Crippen LogP contribution in [0.1, 0.15) is 37.8 Å². The highest BCUT2D eigenvalue weighted by Crippen LogP contribution is 2.41. The number of urea groups is 1. The van der Waals surface area contributed by atoms with Crippen LogP contribution in [0.25, 0.3) is 0 Å². The third kappa shape index (κ3) is 4.02. The topological polar surface area (TPSA) is 84.9 Å². The number of carbonyl (C=O) groups excluding carboxylic acids is 2. The van der Waals surface area contributed by atoms with E-state index in [0.717, 1.165) is 42.8 Å². The zero-order valence-electron chi connectivity index (χ0n) is 18.4. The molecule has 2 aromatic rings. The van der Waals surface area contributed by atoms with Crippen LogP contribution in [-0.2, 0) is 16.9 Å². The highest BCUT2D eigenvalue weighted by molar-refractivity contribution is 9.10. The van der Waals surface area contributed by atoms with Crippen molar-refractivity contribution >= 4 is 39.2 Å². The molecule has 2 aromatic carbocycles. The van der Waals surface area contributed by atoms with Crippen LogP contribution in [0.5, 0.6) is 0 Å². The fourth-order valence-electron chi connectivity index (χ4n) is 4.64. The predicted molar refractivity (Wildman–Crippen MR) is 129 cm³/mol. The summed E-state index contributed by atoms with van der Waals surface area (Å²) in [6, 6.07) is 12.1. The number of carbonyl (C=O) groups is 2. The maximum absolute atomic E-state index is 13.6. The zero-order valence-corrected chi connectivity index (χ0v) is 20.0. The average molecular weight is 501 g/mol. The standard InChI is InChI=1S/C24H29BrN4O3/c1-3-16-7-10-18(11-8-16)29-23(31)27-21-12-9-17(25)14-20(21)24(29,32)22(30)26-15-19-6-5-13-28(19)4-2/h7-12,14,19,32H,3-6,13,15H2,1-2H3,(H,26,30)(H,27,31)/t19-,24-/m1/s1. The van der Waals surface area contributed by atoms with Crippen molar-refractivity contribution in [2.75, 3.05) is 29.9 Å². The number of aliphatic hydroxyl groups is 1. The van der Waals surface area contributed by atoms with E-state index in [2.05, 4.69) is 38.4 Å². The highest BCUT2D eigenvalue weighted by atomic mass is 79.9. The maximum Gasteiger partial charge on any atom is 0.329 e. The molecule has 2 atom stereocenters. The van der Waals surface area contributed by atoms with Crippen LogP contribution in [-0.4, -0.2) is 47.6 Å². The van der Waals surface area contributed by atoms with Crippen molar-refractivity contribution in [2.24, 2.45) is 0 Å². The molecule has 8 heteroatoms. The lowest BCUT2D eigenvalue weighted by Crippen LogP contribution is -2.63. The van der Waals surface area contributed by atoms with Crippen LogP contribution in [0.2, 0.25) is 0 Å². The van der Waals surface area contributed by atoms with Crippen LogP contribution in [0, 0.1) is 0 Å². The van der Waals surface area contributed by atoms with E-state index in [1.807, 2.05) is 19.1 Å². The van der Waals surface area contributed by atoms with Gasteiger partial charge in [-0.2, -0.15) is 0 Å². The molecule has 0 unspecified atom stereocenters. The van der Waals surface area contributed by atoms with Crippen LogP contribution >= 0.6 is 15.9 Å². The number of aryl methyl sites for hydroxylation is 1. The van der Waals surface area contributed by atoms with E-state index < -0.39 is 17.7 Å². The zero-order chi connectivity index (χ0) is 22.9. The number of amides is 3. The van der Waals surface area contributed by atoms with Gasteiger partial charge in [0.25, 0.3) is 11.6 Å². The number of hydrogen-bond acceptors (Lipinski definition) is 4. The van der Waals surface area contributed by atoms with Crippen molar-refractivity contribution in [1.82, 2.24) is 10.2 Å². The Hall–Kier alpha value is -2.42. The first-order valence-electron chi connectivity index (χ1n) is 11.1. The first-order chi connectivity index (χ1) is 15.4. The molecule has 0 aromatic heterocycles. The number of likely N-dealkylation sites (tertiary alicyclic amines) is 1. The lowest BCUT2D eigenvalue weighted by molar-refractivity contribution is -0.140. The van der Waals surface area contributed by atoms with Crippen molar-refractivity contribution in [2.45, 2.75) is 44.9 Å². The third-order valence-corrected chi connectivity index (χ3v) is 6.94. The molecule has 0 saturated carbocycles. The van der Waals surface area contributed by atoms with Gasteiger partial charge in [0.15, 0.2) is 0 Å². The first-order valence-corrected chi connectivity index (χ1v) is 11.9. The molecular weight excluding hydrogens is 472 g/mol. The van der Waals surface area contributed by atoms with Gasteiger partial charge in [-0.05, 0) is 68.2 Å². The molecule has 0 spiro atoms. The number of halogens is 1. The van der Waals surface area contributed by atoms with Gasteiger partial charge in [-0.15, -0.1) is 0 Å².